The van der Waals surface area contributed by atoms with Crippen LogP contribution in [-0.4, -0.2) is 59.7 Å². The molecule has 1 atom stereocenters. The van der Waals surface area contributed by atoms with Gasteiger partial charge in [0, 0.05) is 32.7 Å². The first-order valence-corrected chi connectivity index (χ1v) is 10.6. The van der Waals surface area contributed by atoms with Crippen molar-refractivity contribution in [3.8, 4) is 0 Å². The number of hydrogen-bond donors (Lipinski definition) is 2. The van der Waals surface area contributed by atoms with E-state index >= 15 is 0 Å². The summed E-state index contributed by atoms with van der Waals surface area (Å²) in [7, 11) is 0.191. The van der Waals surface area contributed by atoms with Gasteiger partial charge in [0.05, 0.1) is 18.9 Å². The minimum absolute atomic E-state index is 0.0251. The lowest BCUT2D eigenvalue weighted by molar-refractivity contribution is 0.181. The van der Waals surface area contributed by atoms with Crippen LogP contribution in [0.3, 0.4) is 0 Å². The van der Waals surface area contributed by atoms with E-state index in [-0.39, 0.29) is 5.75 Å². The molecule has 2 N–H and O–H groups in total. The Morgan fingerprint density at radius 2 is 2.15 bits per heavy atom. The fourth-order valence-electron chi connectivity index (χ4n) is 2.95. The maximum Gasteiger partial charge on any atom is 0.215 e. The molecule has 1 heterocycles. The van der Waals surface area contributed by atoms with E-state index in [0.29, 0.717) is 12.5 Å². The van der Waals surface area contributed by atoms with Gasteiger partial charge >= 0.3 is 0 Å². The second-order valence-electron chi connectivity index (χ2n) is 6.56. The van der Waals surface area contributed by atoms with E-state index in [1.807, 2.05) is 38.2 Å². The summed E-state index contributed by atoms with van der Waals surface area (Å²) in [5.41, 5.74) is 1.75. The van der Waals surface area contributed by atoms with Crippen LogP contribution in [0.25, 0.3) is 0 Å². The highest BCUT2D eigenvalue weighted by atomic mass is 32.2. The molecular formula is C18H30N4O3S. The first kappa shape index (κ1) is 20.7. The molecule has 146 valence electrons. The monoisotopic (exact) mass is 382 g/mol. The Labute approximate surface area is 156 Å². The minimum atomic E-state index is -3.27. The summed E-state index contributed by atoms with van der Waals surface area (Å²) in [6, 6.07) is 7.55. The molecule has 0 radical (unpaired) electrons. The van der Waals surface area contributed by atoms with Crippen molar-refractivity contribution in [2.45, 2.75) is 25.6 Å². The molecule has 8 heteroatoms. The Kier molecular flexibility index (Phi) is 7.86. The third-order valence-electron chi connectivity index (χ3n) is 4.32. The maximum absolute atomic E-state index is 11.7. The summed E-state index contributed by atoms with van der Waals surface area (Å²) in [6.45, 7) is 5.91. The number of benzene rings is 1. The smallest absolute Gasteiger partial charge is 0.215 e. The Morgan fingerprint density at radius 1 is 1.38 bits per heavy atom. The van der Waals surface area contributed by atoms with Crippen molar-refractivity contribution in [2.75, 3.05) is 40.4 Å². The van der Waals surface area contributed by atoms with Gasteiger partial charge < -0.3 is 15.0 Å². The third-order valence-corrected chi connectivity index (χ3v) is 5.66. The van der Waals surface area contributed by atoms with Crippen LogP contribution in [0.15, 0.2) is 29.3 Å². The molecule has 0 amide bonds. The second kappa shape index (κ2) is 9.89. The van der Waals surface area contributed by atoms with Crippen LogP contribution in [0, 0.1) is 5.92 Å². The lowest BCUT2D eigenvalue weighted by Crippen LogP contribution is -2.41. The van der Waals surface area contributed by atoms with Crippen molar-refractivity contribution in [2.24, 2.45) is 10.9 Å². The predicted octanol–water partition coefficient (Wildman–Crippen LogP) is 1.17. The average molecular weight is 383 g/mol. The normalized spacial score (nSPS) is 18.1. The molecule has 1 aromatic rings. The van der Waals surface area contributed by atoms with Crippen LogP contribution in [0.5, 0.6) is 0 Å². The van der Waals surface area contributed by atoms with Crippen LogP contribution in [0.4, 0.5) is 0 Å². The molecule has 1 aliphatic heterocycles. The number of guanidine groups is 1. The molecule has 2 rings (SSSR count). The van der Waals surface area contributed by atoms with Crippen molar-refractivity contribution in [3.05, 3.63) is 35.4 Å². The molecule has 1 fully saturated rings. The minimum Gasteiger partial charge on any atom is -0.381 e. The van der Waals surface area contributed by atoms with Crippen molar-refractivity contribution in [3.63, 3.8) is 0 Å². The molecule has 1 saturated heterocycles. The number of nitrogens with one attached hydrogen (secondary N) is 2. The lowest BCUT2D eigenvalue weighted by Gasteiger charge is -2.24. The van der Waals surface area contributed by atoms with Crippen LogP contribution >= 0.6 is 0 Å². The number of nitrogens with zero attached hydrogens (tertiary/aromatic N) is 2. The highest BCUT2D eigenvalue weighted by Gasteiger charge is 2.19. The van der Waals surface area contributed by atoms with E-state index in [1.54, 1.807) is 0 Å². The molecule has 7 nitrogen and oxygen atoms in total. The van der Waals surface area contributed by atoms with Gasteiger partial charge in [-0.15, -0.1) is 0 Å². The van der Waals surface area contributed by atoms with E-state index in [4.69, 9.17) is 9.73 Å². The van der Waals surface area contributed by atoms with Gasteiger partial charge in [-0.2, -0.15) is 0 Å². The Morgan fingerprint density at radius 3 is 2.81 bits per heavy atom. The predicted molar refractivity (Wildman–Crippen MR) is 104 cm³/mol. The van der Waals surface area contributed by atoms with Gasteiger partial charge in [-0.3, -0.25) is 0 Å². The molecule has 0 aromatic heterocycles. The zero-order valence-electron chi connectivity index (χ0n) is 15.9. The first-order valence-electron chi connectivity index (χ1n) is 8.99. The van der Waals surface area contributed by atoms with Gasteiger partial charge in [0.25, 0.3) is 0 Å². The topological polar surface area (TPSA) is 83.0 Å². The third kappa shape index (κ3) is 6.59. The van der Waals surface area contributed by atoms with Crippen molar-refractivity contribution >= 4 is 16.0 Å². The number of aliphatic imine (C=N–C) groups is 1. The lowest BCUT2D eigenvalue weighted by atomic mass is 10.1. The Bertz CT molecular complexity index is 700. The van der Waals surface area contributed by atoms with Crippen LogP contribution in [0.1, 0.15) is 24.5 Å². The zero-order valence-corrected chi connectivity index (χ0v) is 16.7. The molecule has 0 aliphatic carbocycles. The average Bonchev–Trinajstić information content (AvgIpc) is 3.11. The standard InChI is InChI=1S/C18H30N4O3S/c1-4-20-18(22(3)12-17-8-9-25-13-17)21-11-15-6-5-7-16(10-15)14-26(23,24)19-2/h5-7,10,17,19H,4,8-9,11-14H2,1-3H3,(H,20,21). The summed E-state index contributed by atoms with van der Waals surface area (Å²) >= 11 is 0. The Hall–Kier alpha value is -1.64. The highest BCUT2D eigenvalue weighted by molar-refractivity contribution is 7.88. The number of ether oxygens (including phenoxy) is 1. The SMILES string of the molecule is CCNC(=NCc1cccc(CS(=O)(=O)NC)c1)N(C)CC1CCOC1. The summed E-state index contributed by atoms with van der Waals surface area (Å²) < 4.78 is 31.2. The van der Waals surface area contributed by atoms with E-state index in [1.165, 1.54) is 7.05 Å². The van der Waals surface area contributed by atoms with E-state index in [2.05, 4.69) is 14.9 Å². The van der Waals surface area contributed by atoms with Crippen LogP contribution < -0.4 is 10.0 Å². The van der Waals surface area contributed by atoms with Gasteiger partial charge in [0.1, 0.15) is 0 Å². The zero-order chi connectivity index (χ0) is 19.0. The molecule has 1 aliphatic rings. The van der Waals surface area contributed by atoms with Gasteiger partial charge in [-0.25, -0.2) is 18.1 Å². The molecule has 0 spiro atoms. The van der Waals surface area contributed by atoms with Crippen molar-refractivity contribution < 1.29 is 13.2 Å². The molecule has 0 bridgehead atoms. The van der Waals surface area contributed by atoms with Crippen LogP contribution in [0.2, 0.25) is 0 Å². The van der Waals surface area contributed by atoms with Gasteiger partial charge in [-0.1, -0.05) is 24.3 Å². The fraction of sp³-hybridized carbons (Fsp3) is 0.611. The second-order valence-corrected chi connectivity index (χ2v) is 8.49. The molecule has 1 aromatic carbocycles. The molecular weight excluding hydrogens is 352 g/mol. The molecule has 1 unspecified atom stereocenters. The largest absolute Gasteiger partial charge is 0.381 e. The van der Waals surface area contributed by atoms with Gasteiger partial charge in [0.2, 0.25) is 10.0 Å². The van der Waals surface area contributed by atoms with Crippen molar-refractivity contribution in [1.82, 2.24) is 14.9 Å². The number of sulfonamides is 1. The van der Waals surface area contributed by atoms with Crippen LogP contribution in [-0.2, 0) is 27.1 Å². The summed E-state index contributed by atoms with van der Waals surface area (Å²) in [5, 5.41) is 3.32. The quantitative estimate of drug-likeness (QED) is 0.521. The van der Waals surface area contributed by atoms with E-state index < -0.39 is 10.0 Å². The van der Waals surface area contributed by atoms with Gasteiger partial charge in [-0.05, 0) is 31.5 Å². The van der Waals surface area contributed by atoms with Gasteiger partial charge in [0.15, 0.2) is 5.96 Å². The van der Waals surface area contributed by atoms with E-state index in [9.17, 15) is 8.42 Å². The maximum atomic E-state index is 11.7. The fourth-order valence-corrected chi connectivity index (χ4v) is 3.71. The van der Waals surface area contributed by atoms with Crippen molar-refractivity contribution in [1.29, 1.82) is 0 Å². The summed E-state index contributed by atoms with van der Waals surface area (Å²) in [6.07, 6.45) is 1.09. The summed E-state index contributed by atoms with van der Waals surface area (Å²) in [5.74, 6) is 1.37. The number of rotatable bonds is 8. The first-order chi connectivity index (χ1) is 12.4. The number of hydrogen-bond acceptors (Lipinski definition) is 4. The highest BCUT2D eigenvalue weighted by Crippen LogP contribution is 2.14. The summed E-state index contributed by atoms with van der Waals surface area (Å²) in [4.78, 5) is 6.85. The molecule has 0 saturated carbocycles. The van der Waals surface area contributed by atoms with E-state index in [0.717, 1.165) is 49.8 Å². The molecule has 26 heavy (non-hydrogen) atoms. The Balaban J connectivity index is 2.03.